The number of para-hydroxylation sites is 4. The summed E-state index contributed by atoms with van der Waals surface area (Å²) >= 11 is 0. The van der Waals surface area contributed by atoms with Gasteiger partial charge < -0.3 is 4.57 Å². The van der Waals surface area contributed by atoms with Crippen molar-refractivity contribution in [3.05, 3.63) is 193 Å². The third-order valence-electron chi connectivity index (χ3n) is 12.3. The molecule has 0 atom stereocenters. The van der Waals surface area contributed by atoms with Crippen molar-refractivity contribution < 1.29 is 0 Å². The fourth-order valence-electron chi connectivity index (χ4n) is 9.61. The molecule has 0 saturated carbocycles. The highest BCUT2D eigenvalue weighted by molar-refractivity contribution is 6.12. The second kappa shape index (κ2) is 11.8. The van der Waals surface area contributed by atoms with Gasteiger partial charge in [0.15, 0.2) is 0 Å². The summed E-state index contributed by atoms with van der Waals surface area (Å²) in [6.07, 6.45) is 0. The Kier molecular flexibility index (Phi) is 6.65. The lowest BCUT2D eigenvalue weighted by molar-refractivity contribution is 0.660. The first-order valence-electron chi connectivity index (χ1n) is 19.7. The van der Waals surface area contributed by atoms with Gasteiger partial charge in [0.2, 0.25) is 5.95 Å². The van der Waals surface area contributed by atoms with E-state index in [-0.39, 0.29) is 5.41 Å². The average molecular weight is 729 g/mol. The molecule has 3 heterocycles. The van der Waals surface area contributed by atoms with E-state index in [0.29, 0.717) is 5.95 Å². The van der Waals surface area contributed by atoms with E-state index in [1.807, 2.05) is 0 Å². The summed E-state index contributed by atoms with van der Waals surface area (Å²) < 4.78 is 4.63. The van der Waals surface area contributed by atoms with Gasteiger partial charge in [-0.1, -0.05) is 141 Å². The maximum Gasteiger partial charge on any atom is 0.235 e. The Bertz CT molecular complexity index is 3440. The van der Waals surface area contributed by atoms with E-state index in [0.717, 1.165) is 38.9 Å². The molecule has 1 aliphatic carbocycles. The second-order valence-corrected chi connectivity index (χ2v) is 15.8. The number of hydrogen-bond donors (Lipinski definition) is 0. The predicted octanol–water partition coefficient (Wildman–Crippen LogP) is 13.5. The van der Waals surface area contributed by atoms with Crippen molar-refractivity contribution in [3.63, 3.8) is 0 Å². The lowest BCUT2D eigenvalue weighted by Gasteiger charge is -2.22. The summed E-state index contributed by atoms with van der Waals surface area (Å²) in [5.74, 6) is 0.666. The molecule has 0 aliphatic heterocycles. The molecule has 0 N–H and O–H groups in total. The van der Waals surface area contributed by atoms with Gasteiger partial charge in [0.05, 0.1) is 33.3 Å². The smallest absolute Gasteiger partial charge is 0.235 e. The highest BCUT2D eigenvalue weighted by Crippen LogP contribution is 2.50. The van der Waals surface area contributed by atoms with Crippen LogP contribution in [-0.2, 0) is 5.41 Å². The standard InChI is InChI=1S/C53H36N4/c1-53(2)44-20-10-6-16-37(44)38-27-25-35(31-45(38)53)51-42-19-7-11-21-46(42)54-52(55-51)57-48-23-13-9-18-40(48)43-30-33(26-29-49(43)57)34-24-28-41-39-17-8-12-22-47(39)56(50(41)32-34)36-14-4-3-5-15-36/h3-32H,1-2H3. The fourth-order valence-corrected chi connectivity index (χ4v) is 9.61. The average Bonchev–Trinajstić information content (AvgIpc) is 3.86. The van der Waals surface area contributed by atoms with Crippen LogP contribution >= 0.6 is 0 Å². The summed E-state index contributed by atoms with van der Waals surface area (Å²) in [7, 11) is 0. The highest BCUT2D eigenvalue weighted by atomic mass is 15.2. The number of benzene rings is 8. The number of aromatic nitrogens is 4. The van der Waals surface area contributed by atoms with Crippen LogP contribution in [0.25, 0.3) is 99.7 Å². The zero-order valence-corrected chi connectivity index (χ0v) is 31.6. The zero-order chi connectivity index (χ0) is 37.8. The van der Waals surface area contributed by atoms with Crippen molar-refractivity contribution in [2.75, 3.05) is 0 Å². The Balaban J connectivity index is 1.04. The summed E-state index contributed by atoms with van der Waals surface area (Å²) in [4.78, 5) is 10.7. The maximum atomic E-state index is 5.46. The van der Waals surface area contributed by atoms with Gasteiger partial charge >= 0.3 is 0 Å². The normalized spacial score (nSPS) is 13.2. The van der Waals surface area contributed by atoms with Gasteiger partial charge in [-0.25, -0.2) is 9.97 Å². The summed E-state index contributed by atoms with van der Waals surface area (Å²) in [6, 6.07) is 65.8. The van der Waals surface area contributed by atoms with Crippen LogP contribution in [0.4, 0.5) is 0 Å². The minimum Gasteiger partial charge on any atom is -0.309 e. The molecule has 0 radical (unpaired) electrons. The van der Waals surface area contributed by atoms with E-state index in [1.54, 1.807) is 0 Å². The molecule has 0 spiro atoms. The molecule has 8 aromatic carbocycles. The number of nitrogens with zero attached hydrogens (tertiary/aromatic N) is 4. The van der Waals surface area contributed by atoms with Gasteiger partial charge in [0.1, 0.15) is 0 Å². The lowest BCUT2D eigenvalue weighted by Crippen LogP contribution is -2.15. The molecule has 57 heavy (non-hydrogen) atoms. The second-order valence-electron chi connectivity index (χ2n) is 15.8. The van der Waals surface area contributed by atoms with Gasteiger partial charge in [-0.05, 0) is 88.0 Å². The van der Waals surface area contributed by atoms with Crippen LogP contribution in [0.15, 0.2) is 182 Å². The zero-order valence-electron chi connectivity index (χ0n) is 31.6. The molecule has 11 aromatic rings. The van der Waals surface area contributed by atoms with Crippen LogP contribution in [0.2, 0.25) is 0 Å². The molecule has 0 bridgehead atoms. The molecule has 3 aromatic heterocycles. The molecule has 0 unspecified atom stereocenters. The molecule has 1 aliphatic rings. The van der Waals surface area contributed by atoms with E-state index < -0.39 is 0 Å². The van der Waals surface area contributed by atoms with Crippen LogP contribution < -0.4 is 0 Å². The van der Waals surface area contributed by atoms with Crippen molar-refractivity contribution in [3.8, 4) is 45.1 Å². The predicted molar refractivity (Wildman–Crippen MR) is 237 cm³/mol. The van der Waals surface area contributed by atoms with E-state index in [9.17, 15) is 0 Å². The third-order valence-corrected chi connectivity index (χ3v) is 12.3. The van der Waals surface area contributed by atoms with E-state index in [1.165, 1.54) is 66.0 Å². The Hall–Kier alpha value is -7.30. The summed E-state index contributed by atoms with van der Waals surface area (Å²) in [6.45, 7) is 4.66. The maximum absolute atomic E-state index is 5.46. The molecule has 4 heteroatoms. The van der Waals surface area contributed by atoms with Gasteiger partial charge in [0.25, 0.3) is 0 Å². The fraction of sp³-hybridized carbons (Fsp3) is 0.0566. The Morgan fingerprint density at radius 3 is 1.82 bits per heavy atom. The first-order chi connectivity index (χ1) is 28.0. The number of fused-ring (bicyclic) bond motifs is 10. The minimum absolute atomic E-state index is 0.110. The first-order valence-corrected chi connectivity index (χ1v) is 19.7. The van der Waals surface area contributed by atoms with Crippen molar-refractivity contribution >= 4 is 54.5 Å². The first kappa shape index (κ1) is 32.0. The molecule has 0 saturated heterocycles. The van der Waals surface area contributed by atoms with Crippen LogP contribution in [0, 0.1) is 0 Å². The molecule has 4 nitrogen and oxygen atoms in total. The minimum atomic E-state index is -0.110. The van der Waals surface area contributed by atoms with Crippen molar-refractivity contribution in [1.29, 1.82) is 0 Å². The molecule has 12 rings (SSSR count). The summed E-state index contributed by atoms with van der Waals surface area (Å²) in [5, 5.41) is 5.88. The number of rotatable bonds is 4. The van der Waals surface area contributed by atoms with Gasteiger partial charge in [-0.3, -0.25) is 4.57 Å². The Labute approximate surface area is 329 Å². The quantitative estimate of drug-likeness (QED) is 0.181. The topological polar surface area (TPSA) is 35.6 Å². The van der Waals surface area contributed by atoms with Gasteiger partial charge in [-0.15, -0.1) is 0 Å². The molecule has 0 amide bonds. The Morgan fingerprint density at radius 1 is 0.386 bits per heavy atom. The monoisotopic (exact) mass is 728 g/mol. The SMILES string of the molecule is CC1(C)c2ccccc2-c2ccc(-c3nc(-n4c5ccccc5c5cc(-c6ccc7c8ccccc8n(-c8ccccc8)c7c6)ccc54)nc4ccccc34)cc21. The van der Waals surface area contributed by atoms with E-state index in [2.05, 4.69) is 205 Å². The van der Waals surface area contributed by atoms with Crippen molar-refractivity contribution in [2.24, 2.45) is 0 Å². The highest BCUT2D eigenvalue weighted by Gasteiger charge is 2.35. The van der Waals surface area contributed by atoms with E-state index in [4.69, 9.17) is 9.97 Å². The summed E-state index contributed by atoms with van der Waals surface area (Å²) in [5.41, 5.74) is 16.2. The lowest BCUT2D eigenvalue weighted by atomic mass is 9.82. The molecular formula is C53H36N4. The van der Waals surface area contributed by atoms with Crippen molar-refractivity contribution in [2.45, 2.75) is 19.3 Å². The van der Waals surface area contributed by atoms with Gasteiger partial charge in [-0.2, -0.15) is 0 Å². The van der Waals surface area contributed by atoms with Crippen LogP contribution in [0.1, 0.15) is 25.0 Å². The Morgan fingerprint density at radius 2 is 0.982 bits per heavy atom. The molecule has 268 valence electrons. The number of hydrogen-bond acceptors (Lipinski definition) is 2. The van der Waals surface area contributed by atoms with Gasteiger partial charge in [0, 0.05) is 43.6 Å². The van der Waals surface area contributed by atoms with Crippen LogP contribution in [-0.4, -0.2) is 19.1 Å². The largest absolute Gasteiger partial charge is 0.309 e. The molecule has 0 fully saturated rings. The van der Waals surface area contributed by atoms with Crippen LogP contribution in [0.5, 0.6) is 0 Å². The molecular weight excluding hydrogens is 693 g/mol. The van der Waals surface area contributed by atoms with Crippen molar-refractivity contribution in [1.82, 2.24) is 19.1 Å². The van der Waals surface area contributed by atoms with E-state index >= 15 is 0 Å². The van der Waals surface area contributed by atoms with Crippen LogP contribution in [0.3, 0.4) is 0 Å². The third kappa shape index (κ3) is 4.62.